The van der Waals surface area contributed by atoms with E-state index in [-0.39, 0.29) is 11.0 Å². The highest BCUT2D eigenvalue weighted by atomic mass is 35.5. The molecule has 0 spiro atoms. The van der Waals surface area contributed by atoms with Gasteiger partial charge in [-0.1, -0.05) is 18.2 Å². The molecule has 132 valence electrons. The summed E-state index contributed by atoms with van der Waals surface area (Å²) in [6.07, 6.45) is -0.755. The Morgan fingerprint density at radius 2 is 1.68 bits per heavy atom. The first-order valence-electron chi connectivity index (χ1n) is 7.35. The van der Waals surface area contributed by atoms with E-state index in [2.05, 4.69) is 16.0 Å². The molecule has 0 aliphatic heterocycles. The molecular formula is C17H17Cl2N3O2S. The third-order valence-corrected chi connectivity index (χ3v) is 3.93. The molecule has 0 aromatic heterocycles. The standard InChI is InChI=1S/C17H17Cl2N3O2S/c1-24-13-9-7-12(8-10-13)20-17(25)22-15(14(18)19)21-16(23)11-5-3-2-4-6-11/h2-10,14-15H,1H3,(H,21,23)(H2,20,22,25)/t15-/m1/s1. The summed E-state index contributed by atoms with van der Waals surface area (Å²) in [5, 5.41) is 8.85. The van der Waals surface area contributed by atoms with Crippen molar-refractivity contribution in [2.24, 2.45) is 0 Å². The van der Waals surface area contributed by atoms with E-state index in [1.807, 2.05) is 18.2 Å². The van der Waals surface area contributed by atoms with Crippen molar-refractivity contribution in [1.29, 1.82) is 0 Å². The van der Waals surface area contributed by atoms with Crippen LogP contribution in [0.25, 0.3) is 0 Å². The minimum Gasteiger partial charge on any atom is -0.497 e. The quantitative estimate of drug-likeness (QED) is 0.395. The van der Waals surface area contributed by atoms with E-state index in [1.165, 1.54) is 0 Å². The predicted molar refractivity (Wildman–Crippen MR) is 106 cm³/mol. The Bertz CT molecular complexity index is 712. The third kappa shape index (κ3) is 6.08. The van der Waals surface area contributed by atoms with Gasteiger partial charge >= 0.3 is 0 Å². The van der Waals surface area contributed by atoms with Gasteiger partial charge in [0.1, 0.15) is 16.8 Å². The minimum absolute atomic E-state index is 0.273. The van der Waals surface area contributed by atoms with Gasteiger partial charge in [-0.15, -0.1) is 23.2 Å². The van der Waals surface area contributed by atoms with E-state index < -0.39 is 11.0 Å². The molecule has 2 rings (SSSR count). The first-order valence-corrected chi connectivity index (χ1v) is 8.63. The first kappa shape index (κ1) is 19.3. The van der Waals surface area contributed by atoms with Crippen molar-refractivity contribution in [3.05, 3.63) is 60.2 Å². The molecule has 0 fully saturated rings. The zero-order valence-electron chi connectivity index (χ0n) is 13.3. The lowest BCUT2D eigenvalue weighted by molar-refractivity contribution is 0.0936. The van der Waals surface area contributed by atoms with Crippen LogP contribution in [0.15, 0.2) is 54.6 Å². The maximum atomic E-state index is 12.2. The van der Waals surface area contributed by atoms with Crippen molar-refractivity contribution in [1.82, 2.24) is 10.6 Å². The molecule has 2 aromatic carbocycles. The summed E-state index contributed by atoms with van der Waals surface area (Å²) in [4.78, 5) is 11.3. The molecule has 25 heavy (non-hydrogen) atoms. The van der Waals surface area contributed by atoms with Crippen LogP contribution in [0.5, 0.6) is 5.75 Å². The molecule has 0 aliphatic carbocycles. The molecule has 1 amide bonds. The number of ether oxygens (including phenoxy) is 1. The maximum absolute atomic E-state index is 12.2. The fourth-order valence-electron chi connectivity index (χ4n) is 1.96. The smallest absolute Gasteiger partial charge is 0.252 e. The van der Waals surface area contributed by atoms with Crippen LogP contribution in [-0.2, 0) is 0 Å². The summed E-state index contributed by atoms with van der Waals surface area (Å²) >= 11 is 17.1. The normalized spacial score (nSPS) is 11.5. The van der Waals surface area contributed by atoms with E-state index in [9.17, 15) is 4.79 Å². The number of hydrogen-bond donors (Lipinski definition) is 3. The van der Waals surface area contributed by atoms with Crippen molar-refractivity contribution in [3.63, 3.8) is 0 Å². The average molecular weight is 398 g/mol. The number of hydrogen-bond acceptors (Lipinski definition) is 3. The van der Waals surface area contributed by atoms with E-state index >= 15 is 0 Å². The Balaban J connectivity index is 1.95. The van der Waals surface area contributed by atoms with Gasteiger partial charge in [0, 0.05) is 11.3 Å². The topological polar surface area (TPSA) is 62.4 Å². The SMILES string of the molecule is COc1ccc(NC(=S)N[C@@H](NC(=O)c2ccccc2)C(Cl)Cl)cc1. The molecular weight excluding hydrogens is 381 g/mol. The van der Waals surface area contributed by atoms with Gasteiger partial charge in [0.05, 0.1) is 7.11 Å². The highest BCUT2D eigenvalue weighted by Gasteiger charge is 2.21. The van der Waals surface area contributed by atoms with Crippen molar-refractivity contribution < 1.29 is 9.53 Å². The number of rotatable bonds is 6. The maximum Gasteiger partial charge on any atom is 0.252 e. The van der Waals surface area contributed by atoms with E-state index in [0.29, 0.717) is 5.56 Å². The van der Waals surface area contributed by atoms with Crippen LogP contribution < -0.4 is 20.7 Å². The molecule has 0 radical (unpaired) electrons. The molecule has 8 heteroatoms. The lowest BCUT2D eigenvalue weighted by Gasteiger charge is -2.23. The van der Waals surface area contributed by atoms with Gasteiger partial charge in [0.15, 0.2) is 5.11 Å². The first-order chi connectivity index (χ1) is 12.0. The third-order valence-electron chi connectivity index (χ3n) is 3.21. The van der Waals surface area contributed by atoms with Crippen LogP contribution in [0.4, 0.5) is 5.69 Å². The van der Waals surface area contributed by atoms with Crippen molar-refractivity contribution >= 4 is 52.1 Å². The summed E-state index contributed by atoms with van der Waals surface area (Å²) in [6.45, 7) is 0. The number of alkyl halides is 2. The summed E-state index contributed by atoms with van der Waals surface area (Å²) in [5.41, 5.74) is 1.25. The number of carbonyl (C=O) groups excluding carboxylic acids is 1. The van der Waals surface area contributed by atoms with Gasteiger partial charge in [0.25, 0.3) is 5.91 Å². The lowest BCUT2D eigenvalue weighted by Crippen LogP contribution is -2.52. The van der Waals surface area contributed by atoms with Crippen LogP contribution >= 0.6 is 35.4 Å². The summed E-state index contributed by atoms with van der Waals surface area (Å²) in [6, 6.07) is 16.0. The molecule has 1 atom stereocenters. The Kier molecular flexibility index (Phi) is 7.31. The Labute approximate surface area is 161 Å². The van der Waals surface area contributed by atoms with Crippen LogP contribution in [0, 0.1) is 0 Å². The molecule has 0 saturated heterocycles. The highest BCUT2D eigenvalue weighted by molar-refractivity contribution is 7.80. The number of amides is 1. The lowest BCUT2D eigenvalue weighted by atomic mass is 10.2. The number of halogens is 2. The fourth-order valence-corrected chi connectivity index (χ4v) is 2.46. The largest absolute Gasteiger partial charge is 0.497 e. The number of anilines is 1. The molecule has 0 heterocycles. The van der Waals surface area contributed by atoms with Crippen molar-refractivity contribution in [2.45, 2.75) is 11.0 Å². The van der Waals surface area contributed by atoms with Gasteiger partial charge in [-0.3, -0.25) is 4.79 Å². The number of benzene rings is 2. The molecule has 0 bridgehead atoms. The van der Waals surface area contributed by atoms with Crippen molar-refractivity contribution in [3.8, 4) is 5.75 Å². The predicted octanol–water partition coefficient (Wildman–Crippen LogP) is 3.54. The Morgan fingerprint density at radius 3 is 2.24 bits per heavy atom. The highest BCUT2D eigenvalue weighted by Crippen LogP contribution is 2.15. The summed E-state index contributed by atoms with van der Waals surface area (Å²) in [7, 11) is 1.59. The zero-order valence-corrected chi connectivity index (χ0v) is 15.7. The number of carbonyl (C=O) groups is 1. The Morgan fingerprint density at radius 1 is 1.04 bits per heavy atom. The molecule has 0 saturated carbocycles. The number of thiocarbonyl (C=S) groups is 1. The molecule has 0 aliphatic rings. The van der Waals surface area contributed by atoms with E-state index in [0.717, 1.165) is 11.4 Å². The van der Waals surface area contributed by atoms with Gasteiger partial charge in [-0.2, -0.15) is 0 Å². The monoisotopic (exact) mass is 397 g/mol. The number of methoxy groups -OCH3 is 1. The average Bonchev–Trinajstić information content (AvgIpc) is 2.62. The number of nitrogens with one attached hydrogen (secondary N) is 3. The van der Waals surface area contributed by atoms with Gasteiger partial charge < -0.3 is 20.7 Å². The van der Waals surface area contributed by atoms with Gasteiger partial charge in [-0.05, 0) is 48.6 Å². The van der Waals surface area contributed by atoms with Crippen LogP contribution in [0.1, 0.15) is 10.4 Å². The second-order valence-corrected chi connectivity index (χ2v) is 6.55. The van der Waals surface area contributed by atoms with Crippen LogP contribution in [0.2, 0.25) is 0 Å². The van der Waals surface area contributed by atoms with Crippen molar-refractivity contribution in [2.75, 3.05) is 12.4 Å². The molecule has 2 aromatic rings. The molecule has 3 N–H and O–H groups in total. The fraction of sp³-hybridized carbons (Fsp3) is 0.176. The summed E-state index contributed by atoms with van der Waals surface area (Å²) in [5.74, 6) is 0.427. The van der Waals surface area contributed by atoms with Crippen LogP contribution in [0.3, 0.4) is 0 Å². The molecule has 5 nitrogen and oxygen atoms in total. The van der Waals surface area contributed by atoms with E-state index in [1.54, 1.807) is 43.5 Å². The second-order valence-electron chi connectivity index (χ2n) is 4.98. The zero-order chi connectivity index (χ0) is 18.2. The van der Waals surface area contributed by atoms with Gasteiger partial charge in [0.2, 0.25) is 0 Å². The Hall–Kier alpha value is -2.02. The molecule has 0 unspecified atom stereocenters. The van der Waals surface area contributed by atoms with E-state index in [4.69, 9.17) is 40.2 Å². The van der Waals surface area contributed by atoms with Crippen LogP contribution in [-0.4, -0.2) is 29.1 Å². The van der Waals surface area contributed by atoms with Gasteiger partial charge in [-0.25, -0.2) is 0 Å². The second kappa shape index (κ2) is 9.46. The summed E-state index contributed by atoms with van der Waals surface area (Å²) < 4.78 is 5.10. The minimum atomic E-state index is -0.900.